The van der Waals surface area contributed by atoms with E-state index in [0.717, 1.165) is 51.4 Å². The van der Waals surface area contributed by atoms with Crippen LogP contribution in [0, 0.1) is 0 Å². The molecule has 0 spiro atoms. The number of aliphatic hydroxyl groups excluding tert-OH is 1. The highest BCUT2D eigenvalue weighted by Gasteiger charge is 2.27. The third-order valence-electron chi connectivity index (χ3n) is 4.56. The fourth-order valence-electron chi connectivity index (χ4n) is 2.91. The van der Waals surface area contributed by atoms with Crippen molar-refractivity contribution in [3.8, 4) is 11.5 Å². The van der Waals surface area contributed by atoms with E-state index in [1.54, 1.807) is 0 Å². The average Bonchev–Trinajstić information content (AvgIpc) is 2.71. The smallest absolute Gasteiger partial charge is 0.494 e. The fraction of sp³-hybridized carbons (Fsp3) is 0.700. The first-order valence-electron chi connectivity index (χ1n) is 10.7. The molecule has 0 unspecified atom stereocenters. The Kier molecular flexibility index (Phi) is 13.8. The van der Waals surface area contributed by atoms with Crippen LogP contribution in [-0.4, -0.2) is 60.8 Å². The molecule has 9 heteroatoms. The molecule has 0 atom stereocenters. The van der Waals surface area contributed by atoms with Gasteiger partial charge in [0.25, 0.3) is 0 Å². The van der Waals surface area contributed by atoms with Crippen molar-refractivity contribution < 1.29 is 34.3 Å². The van der Waals surface area contributed by atoms with E-state index in [1.165, 1.54) is 12.1 Å². The molecule has 0 bridgehead atoms. The summed E-state index contributed by atoms with van der Waals surface area (Å²) in [6.45, 7) is 4.88. The van der Waals surface area contributed by atoms with Gasteiger partial charge in [0.2, 0.25) is 0 Å². The zero-order valence-electron chi connectivity index (χ0n) is 17.8. The summed E-state index contributed by atoms with van der Waals surface area (Å²) in [5.74, 6) is 0.588. The molecule has 0 amide bonds. The largest absolute Gasteiger partial charge is 0.495 e. The normalized spacial score (nSPS) is 10.8. The minimum atomic E-state index is -1.73. The lowest BCUT2D eigenvalue weighted by Gasteiger charge is -2.19. The first-order chi connectivity index (χ1) is 14.0. The van der Waals surface area contributed by atoms with Crippen LogP contribution in [0.5, 0.6) is 11.5 Å². The Hall–Kier alpha value is -1.25. The number of benzene rings is 1. The molecule has 0 aromatic heterocycles. The second-order valence-electron chi connectivity index (χ2n) is 7.07. The average molecular weight is 410 g/mol. The molecule has 0 saturated carbocycles. The molecule has 0 aliphatic carbocycles. The van der Waals surface area contributed by atoms with Crippen LogP contribution in [-0.2, 0) is 4.65 Å². The van der Waals surface area contributed by atoms with E-state index in [9.17, 15) is 15.1 Å². The molecule has 164 valence electrons. The maximum Gasteiger partial charge on any atom is 0.495 e. The summed E-state index contributed by atoms with van der Waals surface area (Å²) in [6.07, 6.45) is 8.22. The number of unbranched alkanes of at least 4 members (excludes halogenated alkanes) is 6. The summed E-state index contributed by atoms with van der Waals surface area (Å²) in [5.41, 5.74) is 0.518. The van der Waals surface area contributed by atoms with Gasteiger partial charge in [-0.1, -0.05) is 52.4 Å². The van der Waals surface area contributed by atoms with Crippen molar-refractivity contribution in [1.29, 1.82) is 0 Å². The molecule has 0 aliphatic heterocycles. The predicted octanol–water partition coefficient (Wildman–Crippen LogP) is 0.981. The van der Waals surface area contributed by atoms with Crippen LogP contribution in [0.4, 0.5) is 0 Å². The van der Waals surface area contributed by atoms with Gasteiger partial charge in [-0.2, -0.15) is 0 Å². The van der Waals surface area contributed by atoms with E-state index in [1.807, 2.05) is 0 Å². The van der Waals surface area contributed by atoms with E-state index in [4.69, 9.17) is 19.2 Å². The Morgan fingerprint density at radius 2 is 1.24 bits per heavy atom. The molecule has 4 N–H and O–H groups in total. The summed E-state index contributed by atoms with van der Waals surface area (Å²) in [4.78, 5) is 0. The summed E-state index contributed by atoms with van der Waals surface area (Å²) in [7, 11) is -3.05. The molecular weight excluding hydrogens is 374 g/mol. The molecule has 0 aliphatic rings. The van der Waals surface area contributed by atoms with Crippen molar-refractivity contribution in [2.45, 2.75) is 65.2 Å². The topological polar surface area (TPSA) is 109 Å². The van der Waals surface area contributed by atoms with Crippen LogP contribution in [0.1, 0.15) is 65.2 Å². The summed E-state index contributed by atoms with van der Waals surface area (Å²) < 4.78 is 16.8. The number of ether oxygens (including phenoxy) is 2. The van der Waals surface area contributed by atoms with Crippen LogP contribution < -0.4 is 20.4 Å². The Morgan fingerprint density at radius 1 is 0.724 bits per heavy atom. The second kappa shape index (κ2) is 15.6. The van der Waals surface area contributed by atoms with Crippen molar-refractivity contribution in [2.75, 3.05) is 26.4 Å². The molecule has 1 aromatic carbocycles. The molecular formula is C20H36B2O7. The summed E-state index contributed by atoms with van der Waals surface area (Å²) in [5, 5.41) is 38.9. The molecule has 0 saturated heterocycles. The van der Waals surface area contributed by atoms with Crippen LogP contribution in [0.15, 0.2) is 12.1 Å². The first kappa shape index (κ1) is 25.8. The molecule has 1 aromatic rings. The van der Waals surface area contributed by atoms with Gasteiger partial charge in [-0.3, -0.25) is 0 Å². The minimum Gasteiger partial charge on any atom is -0.494 e. The van der Waals surface area contributed by atoms with Crippen molar-refractivity contribution in [3.05, 3.63) is 12.1 Å². The van der Waals surface area contributed by atoms with Gasteiger partial charge in [0.1, 0.15) is 11.5 Å². The maximum atomic E-state index is 10.4. The monoisotopic (exact) mass is 410 g/mol. The molecule has 0 heterocycles. The van der Waals surface area contributed by atoms with E-state index < -0.39 is 14.2 Å². The minimum absolute atomic E-state index is 0.0330. The van der Waals surface area contributed by atoms with Crippen molar-refractivity contribution in [1.82, 2.24) is 0 Å². The number of aliphatic hydroxyl groups is 1. The highest BCUT2D eigenvalue weighted by Crippen LogP contribution is 2.17. The zero-order valence-corrected chi connectivity index (χ0v) is 17.8. The van der Waals surface area contributed by atoms with Gasteiger partial charge < -0.3 is 34.3 Å². The lowest BCUT2D eigenvalue weighted by molar-refractivity contribution is 0.183. The van der Waals surface area contributed by atoms with E-state index in [-0.39, 0.29) is 24.4 Å². The molecule has 0 fully saturated rings. The number of hydrogen-bond donors (Lipinski definition) is 4. The first-order valence-corrected chi connectivity index (χ1v) is 10.7. The third kappa shape index (κ3) is 9.87. The van der Waals surface area contributed by atoms with E-state index >= 15 is 0 Å². The number of hydrogen-bond acceptors (Lipinski definition) is 7. The Morgan fingerprint density at radius 3 is 1.72 bits per heavy atom. The highest BCUT2D eigenvalue weighted by molar-refractivity contribution is 6.63. The Labute approximate surface area is 175 Å². The van der Waals surface area contributed by atoms with Crippen molar-refractivity contribution in [2.24, 2.45) is 0 Å². The fourth-order valence-corrected chi connectivity index (χ4v) is 2.91. The molecule has 29 heavy (non-hydrogen) atoms. The standard InChI is InChI=1S/C20H36B2O7/c1-3-5-7-9-12-27-19-16-18(22(26)29-14-11-23)20(15-17(19)21(24)25)28-13-10-8-6-4-2/h15-16,23-26H,3-14H2,1-2H3. The Bertz CT molecular complexity index is 558. The second-order valence-corrected chi connectivity index (χ2v) is 7.07. The van der Waals surface area contributed by atoms with Gasteiger partial charge in [-0.25, -0.2) is 0 Å². The predicted molar refractivity (Wildman–Crippen MR) is 116 cm³/mol. The quantitative estimate of drug-likeness (QED) is 0.224. The summed E-state index contributed by atoms with van der Waals surface area (Å²) in [6, 6.07) is 3.00. The maximum absolute atomic E-state index is 10.4. The highest BCUT2D eigenvalue weighted by atomic mass is 16.5. The molecule has 0 radical (unpaired) electrons. The lowest BCUT2D eigenvalue weighted by atomic mass is 9.73. The lowest BCUT2D eigenvalue weighted by Crippen LogP contribution is -2.40. The zero-order chi connectivity index (χ0) is 21.5. The van der Waals surface area contributed by atoms with Gasteiger partial charge in [-0.15, -0.1) is 0 Å². The van der Waals surface area contributed by atoms with Gasteiger partial charge >= 0.3 is 14.2 Å². The van der Waals surface area contributed by atoms with Gasteiger partial charge in [0.05, 0.1) is 26.4 Å². The van der Waals surface area contributed by atoms with Crippen LogP contribution >= 0.6 is 0 Å². The summed E-state index contributed by atoms with van der Waals surface area (Å²) >= 11 is 0. The van der Waals surface area contributed by atoms with Gasteiger partial charge in [-0.05, 0) is 25.0 Å². The van der Waals surface area contributed by atoms with Crippen LogP contribution in [0.3, 0.4) is 0 Å². The van der Waals surface area contributed by atoms with E-state index in [2.05, 4.69) is 13.8 Å². The number of rotatable bonds is 17. The van der Waals surface area contributed by atoms with Crippen LogP contribution in [0.2, 0.25) is 0 Å². The SMILES string of the molecule is CCCCCCOc1cc(B(O)OCCO)c(OCCCCCC)cc1B(O)O. The van der Waals surface area contributed by atoms with Gasteiger partial charge in [0, 0.05) is 10.9 Å². The van der Waals surface area contributed by atoms with Gasteiger partial charge in [0.15, 0.2) is 0 Å². The molecule has 7 nitrogen and oxygen atoms in total. The van der Waals surface area contributed by atoms with Crippen molar-refractivity contribution >= 4 is 25.2 Å². The van der Waals surface area contributed by atoms with Crippen molar-refractivity contribution in [3.63, 3.8) is 0 Å². The molecule has 1 rings (SSSR count). The van der Waals surface area contributed by atoms with Crippen LogP contribution in [0.25, 0.3) is 0 Å². The third-order valence-corrected chi connectivity index (χ3v) is 4.56. The Balaban J connectivity index is 2.98. The van der Waals surface area contributed by atoms with E-state index in [0.29, 0.717) is 24.4 Å².